The molecule has 0 aliphatic heterocycles. The molecule has 6 heteroatoms. The predicted octanol–water partition coefficient (Wildman–Crippen LogP) is 4.72. The highest BCUT2D eigenvalue weighted by atomic mass is 32.1. The fourth-order valence-electron chi connectivity index (χ4n) is 3.24. The van der Waals surface area contributed by atoms with E-state index in [0.717, 1.165) is 28.6 Å². The van der Waals surface area contributed by atoms with Crippen LogP contribution in [0.15, 0.2) is 60.0 Å². The van der Waals surface area contributed by atoms with Gasteiger partial charge in [0.2, 0.25) is 0 Å². The van der Waals surface area contributed by atoms with Crippen LogP contribution in [0.4, 0.5) is 0 Å². The quantitative estimate of drug-likeness (QED) is 0.517. The molecule has 0 atom stereocenters. The highest BCUT2D eigenvalue weighted by Gasteiger charge is 2.16. The number of thiazole rings is 1. The van der Waals surface area contributed by atoms with Gasteiger partial charge in [-0.1, -0.05) is 30.3 Å². The van der Waals surface area contributed by atoms with Gasteiger partial charge in [-0.2, -0.15) is 0 Å². The molecular weight excluding hydrogens is 370 g/mol. The van der Waals surface area contributed by atoms with Crippen LogP contribution in [0.1, 0.15) is 23.0 Å². The highest BCUT2D eigenvalue weighted by molar-refractivity contribution is 7.13. The average Bonchev–Trinajstić information content (AvgIpc) is 3.36. The molecule has 4 aromatic rings. The van der Waals surface area contributed by atoms with Crippen LogP contribution in [-0.4, -0.2) is 22.6 Å². The van der Waals surface area contributed by atoms with E-state index in [9.17, 15) is 4.79 Å². The van der Waals surface area contributed by atoms with E-state index < -0.39 is 0 Å². The lowest BCUT2D eigenvalue weighted by atomic mass is 10.2. The Labute approximate surface area is 167 Å². The van der Waals surface area contributed by atoms with Crippen molar-refractivity contribution in [3.63, 3.8) is 0 Å². The lowest BCUT2D eigenvalue weighted by Crippen LogP contribution is -2.23. The number of carbonyl (C=O) groups excluding carboxylic acids is 1. The lowest BCUT2D eigenvalue weighted by Gasteiger charge is -2.06. The molecule has 2 aromatic carbocycles. The molecule has 0 unspecified atom stereocenters. The van der Waals surface area contributed by atoms with E-state index in [1.165, 1.54) is 22.2 Å². The Bertz CT molecular complexity index is 1110. The molecule has 4 rings (SSSR count). The van der Waals surface area contributed by atoms with Gasteiger partial charge in [-0.3, -0.25) is 4.79 Å². The molecule has 0 aliphatic carbocycles. The van der Waals surface area contributed by atoms with Gasteiger partial charge in [0.1, 0.15) is 16.5 Å². The lowest BCUT2D eigenvalue weighted by molar-refractivity contribution is 0.0946. The monoisotopic (exact) mass is 391 g/mol. The summed E-state index contributed by atoms with van der Waals surface area (Å²) in [5.41, 5.74) is 3.68. The SMILES string of the molecule is CCn1c(-c2nc(C(=O)NCc3ccc(OC)cc3)cs2)cc2ccccc21. The molecule has 142 valence electrons. The number of rotatable bonds is 6. The van der Waals surface area contributed by atoms with Crippen molar-refractivity contribution in [2.45, 2.75) is 20.0 Å². The molecule has 0 aliphatic rings. The maximum Gasteiger partial charge on any atom is 0.271 e. The van der Waals surface area contributed by atoms with Crippen LogP contribution in [0.3, 0.4) is 0 Å². The van der Waals surface area contributed by atoms with Crippen molar-refractivity contribution < 1.29 is 9.53 Å². The third-order valence-electron chi connectivity index (χ3n) is 4.69. The van der Waals surface area contributed by atoms with Gasteiger partial charge in [-0.25, -0.2) is 4.98 Å². The van der Waals surface area contributed by atoms with Gasteiger partial charge >= 0.3 is 0 Å². The van der Waals surface area contributed by atoms with Crippen molar-refractivity contribution in [2.24, 2.45) is 0 Å². The molecule has 5 nitrogen and oxygen atoms in total. The van der Waals surface area contributed by atoms with Crippen molar-refractivity contribution >= 4 is 28.1 Å². The standard InChI is InChI=1S/C22H21N3O2S/c1-3-25-19-7-5-4-6-16(19)12-20(25)22-24-18(14-28-22)21(26)23-13-15-8-10-17(27-2)11-9-15/h4-12,14H,3,13H2,1-2H3,(H,23,26). The van der Waals surface area contributed by atoms with Crippen LogP contribution in [0.25, 0.3) is 21.6 Å². The number of benzene rings is 2. The minimum absolute atomic E-state index is 0.169. The van der Waals surface area contributed by atoms with E-state index in [2.05, 4.69) is 40.0 Å². The number of nitrogens with zero attached hydrogens (tertiary/aromatic N) is 2. The Kier molecular flexibility index (Phi) is 5.12. The summed E-state index contributed by atoms with van der Waals surface area (Å²) in [7, 11) is 1.63. The van der Waals surface area contributed by atoms with E-state index in [0.29, 0.717) is 12.2 Å². The van der Waals surface area contributed by atoms with Crippen LogP contribution in [0, 0.1) is 0 Å². The van der Waals surface area contributed by atoms with E-state index in [1.54, 1.807) is 7.11 Å². The maximum absolute atomic E-state index is 12.5. The number of ether oxygens (including phenoxy) is 1. The summed E-state index contributed by atoms with van der Waals surface area (Å²) in [4.78, 5) is 17.1. The van der Waals surface area contributed by atoms with Gasteiger partial charge in [-0.05, 0) is 36.8 Å². The number of para-hydroxylation sites is 1. The predicted molar refractivity (Wildman–Crippen MR) is 113 cm³/mol. The smallest absolute Gasteiger partial charge is 0.271 e. The van der Waals surface area contributed by atoms with Gasteiger partial charge in [0.05, 0.1) is 12.8 Å². The van der Waals surface area contributed by atoms with Gasteiger partial charge in [0.15, 0.2) is 0 Å². The summed E-state index contributed by atoms with van der Waals surface area (Å²) in [6.45, 7) is 3.42. The summed E-state index contributed by atoms with van der Waals surface area (Å²) in [6.07, 6.45) is 0. The minimum Gasteiger partial charge on any atom is -0.497 e. The Morgan fingerprint density at radius 1 is 1.18 bits per heavy atom. The molecule has 28 heavy (non-hydrogen) atoms. The largest absolute Gasteiger partial charge is 0.497 e. The number of hydrogen-bond donors (Lipinski definition) is 1. The minimum atomic E-state index is -0.169. The van der Waals surface area contributed by atoms with Gasteiger partial charge in [0.25, 0.3) is 5.91 Å². The van der Waals surface area contributed by atoms with Crippen molar-refractivity contribution in [1.29, 1.82) is 0 Å². The Morgan fingerprint density at radius 2 is 1.96 bits per heavy atom. The molecule has 2 aromatic heterocycles. The van der Waals surface area contributed by atoms with Crippen molar-refractivity contribution in [3.8, 4) is 16.5 Å². The number of fused-ring (bicyclic) bond motifs is 1. The third kappa shape index (κ3) is 3.51. The summed E-state index contributed by atoms with van der Waals surface area (Å²) in [5.74, 6) is 0.628. The van der Waals surface area contributed by atoms with Crippen LogP contribution in [0.2, 0.25) is 0 Å². The van der Waals surface area contributed by atoms with Crippen LogP contribution < -0.4 is 10.1 Å². The zero-order chi connectivity index (χ0) is 19.5. The zero-order valence-electron chi connectivity index (χ0n) is 15.8. The van der Waals surface area contributed by atoms with Gasteiger partial charge in [0, 0.05) is 29.4 Å². The van der Waals surface area contributed by atoms with Crippen LogP contribution >= 0.6 is 11.3 Å². The number of hydrogen-bond acceptors (Lipinski definition) is 4. The molecule has 0 saturated heterocycles. The Hall–Kier alpha value is -3.12. The van der Waals surface area contributed by atoms with E-state index in [1.807, 2.05) is 41.8 Å². The molecule has 1 N–H and O–H groups in total. The normalized spacial score (nSPS) is 10.9. The molecule has 0 saturated carbocycles. The molecule has 0 radical (unpaired) electrons. The van der Waals surface area contributed by atoms with Crippen molar-refractivity contribution in [2.75, 3.05) is 7.11 Å². The Morgan fingerprint density at radius 3 is 2.71 bits per heavy atom. The van der Waals surface area contributed by atoms with E-state index in [-0.39, 0.29) is 5.91 Å². The topological polar surface area (TPSA) is 56.2 Å². The second-order valence-corrected chi connectivity index (χ2v) is 7.26. The first-order chi connectivity index (χ1) is 13.7. The number of carbonyl (C=O) groups is 1. The summed E-state index contributed by atoms with van der Waals surface area (Å²) in [6, 6.07) is 18.1. The molecule has 1 amide bonds. The summed E-state index contributed by atoms with van der Waals surface area (Å²) in [5, 5.41) is 6.78. The molecule has 0 spiro atoms. The number of methoxy groups -OCH3 is 1. The van der Waals surface area contributed by atoms with E-state index >= 15 is 0 Å². The second-order valence-electron chi connectivity index (χ2n) is 6.40. The van der Waals surface area contributed by atoms with Crippen LogP contribution in [-0.2, 0) is 13.1 Å². The van der Waals surface area contributed by atoms with Crippen molar-refractivity contribution in [3.05, 3.63) is 71.2 Å². The number of nitrogens with one attached hydrogen (secondary N) is 1. The molecule has 0 bridgehead atoms. The number of aryl methyl sites for hydroxylation is 1. The molecular formula is C22H21N3O2S. The average molecular weight is 391 g/mol. The van der Waals surface area contributed by atoms with Crippen molar-refractivity contribution in [1.82, 2.24) is 14.9 Å². The summed E-state index contributed by atoms with van der Waals surface area (Å²) >= 11 is 1.49. The van der Waals surface area contributed by atoms with Crippen LogP contribution in [0.5, 0.6) is 5.75 Å². The number of amides is 1. The second kappa shape index (κ2) is 7.86. The fraction of sp³-hybridized carbons (Fsp3) is 0.182. The first kappa shape index (κ1) is 18.3. The third-order valence-corrected chi connectivity index (χ3v) is 5.56. The van der Waals surface area contributed by atoms with Gasteiger partial charge < -0.3 is 14.6 Å². The first-order valence-corrected chi connectivity index (χ1v) is 10.0. The van der Waals surface area contributed by atoms with Gasteiger partial charge in [-0.15, -0.1) is 11.3 Å². The summed E-state index contributed by atoms with van der Waals surface area (Å²) < 4.78 is 7.38. The maximum atomic E-state index is 12.5. The number of aromatic nitrogens is 2. The zero-order valence-corrected chi connectivity index (χ0v) is 16.6. The fourth-order valence-corrected chi connectivity index (χ4v) is 4.06. The highest BCUT2D eigenvalue weighted by Crippen LogP contribution is 2.30. The molecule has 2 heterocycles. The molecule has 0 fully saturated rings. The Balaban J connectivity index is 1.51. The van der Waals surface area contributed by atoms with E-state index in [4.69, 9.17) is 4.74 Å². The first-order valence-electron chi connectivity index (χ1n) is 9.15.